The third-order valence-electron chi connectivity index (χ3n) is 3.67. The lowest BCUT2D eigenvalue weighted by Gasteiger charge is -2.12. The van der Waals surface area contributed by atoms with E-state index in [0.717, 1.165) is 0 Å². The quantitative estimate of drug-likeness (QED) is 0.606. The number of amides is 2. The van der Waals surface area contributed by atoms with Gasteiger partial charge in [-0.1, -0.05) is 0 Å². The number of anilines is 2. The molecule has 1 unspecified atom stereocenters. The third kappa shape index (κ3) is 7.82. The van der Waals surface area contributed by atoms with Crippen molar-refractivity contribution >= 4 is 40.9 Å². The van der Waals surface area contributed by atoms with Crippen molar-refractivity contribution in [2.45, 2.75) is 12.2 Å². The van der Waals surface area contributed by atoms with E-state index in [1.807, 2.05) is 0 Å². The van der Waals surface area contributed by atoms with Gasteiger partial charge in [0, 0.05) is 11.4 Å². The summed E-state index contributed by atoms with van der Waals surface area (Å²) in [5, 5.41) is 4.91. The van der Waals surface area contributed by atoms with Crippen LogP contribution in [0.5, 0.6) is 5.75 Å². The van der Waals surface area contributed by atoms with Gasteiger partial charge >= 0.3 is 5.97 Å². The van der Waals surface area contributed by atoms with Crippen molar-refractivity contribution in [2.75, 3.05) is 30.1 Å². The van der Waals surface area contributed by atoms with E-state index in [4.69, 9.17) is 4.74 Å². The van der Waals surface area contributed by atoms with Gasteiger partial charge in [-0.15, -0.1) is 11.8 Å². The van der Waals surface area contributed by atoms with Gasteiger partial charge in [-0.25, -0.2) is 9.18 Å². The van der Waals surface area contributed by atoms with Crippen LogP contribution in [-0.4, -0.2) is 42.5 Å². The molecule has 0 aliphatic carbocycles. The van der Waals surface area contributed by atoms with E-state index in [-0.39, 0.29) is 30.0 Å². The van der Waals surface area contributed by atoms with Gasteiger partial charge in [-0.2, -0.15) is 0 Å². The van der Waals surface area contributed by atoms with Gasteiger partial charge in [0.15, 0.2) is 6.61 Å². The molecule has 2 aromatic rings. The van der Waals surface area contributed by atoms with Crippen LogP contribution in [0.25, 0.3) is 0 Å². The molecule has 9 heteroatoms. The maximum Gasteiger partial charge on any atom is 0.343 e. The van der Waals surface area contributed by atoms with Crippen LogP contribution in [0.3, 0.4) is 0 Å². The van der Waals surface area contributed by atoms with E-state index in [1.54, 1.807) is 31.2 Å². The molecule has 0 bridgehead atoms. The van der Waals surface area contributed by atoms with E-state index in [2.05, 4.69) is 15.4 Å². The first-order valence-corrected chi connectivity index (χ1v) is 9.70. The molecule has 0 heterocycles. The molecule has 0 aliphatic rings. The topological polar surface area (TPSA) is 93.7 Å². The number of carbonyl (C=O) groups is 3. The highest BCUT2D eigenvalue weighted by Crippen LogP contribution is 2.18. The van der Waals surface area contributed by atoms with Crippen LogP contribution >= 0.6 is 11.8 Å². The van der Waals surface area contributed by atoms with Crippen molar-refractivity contribution < 1.29 is 28.2 Å². The number of hydrogen-bond donors (Lipinski definition) is 2. The molecule has 29 heavy (non-hydrogen) atoms. The van der Waals surface area contributed by atoms with Gasteiger partial charge in [0.05, 0.1) is 18.1 Å². The van der Waals surface area contributed by atoms with Crippen molar-refractivity contribution in [1.82, 2.24) is 0 Å². The summed E-state index contributed by atoms with van der Waals surface area (Å²) in [5.74, 6) is -0.872. The lowest BCUT2D eigenvalue weighted by molar-refractivity contribution is -0.142. The van der Waals surface area contributed by atoms with Crippen LogP contribution in [0, 0.1) is 5.82 Å². The molecular formula is C20H21FN2O5S. The highest BCUT2D eigenvalue weighted by Gasteiger charge is 2.16. The highest BCUT2D eigenvalue weighted by molar-refractivity contribution is 8.01. The minimum absolute atomic E-state index is 0.0757. The van der Waals surface area contributed by atoms with Gasteiger partial charge in [-0.3, -0.25) is 9.59 Å². The minimum Gasteiger partial charge on any atom is -0.482 e. The summed E-state index contributed by atoms with van der Waals surface area (Å²) >= 11 is 1.18. The summed E-state index contributed by atoms with van der Waals surface area (Å²) in [4.78, 5) is 35.3. The maximum absolute atomic E-state index is 12.9. The van der Waals surface area contributed by atoms with Crippen LogP contribution < -0.4 is 15.4 Å². The van der Waals surface area contributed by atoms with Crippen molar-refractivity contribution in [1.29, 1.82) is 0 Å². The van der Waals surface area contributed by atoms with Crippen LogP contribution in [-0.2, 0) is 19.1 Å². The molecule has 2 aromatic carbocycles. The average molecular weight is 420 g/mol. The Balaban J connectivity index is 1.75. The molecule has 0 radical (unpaired) electrons. The Morgan fingerprint density at radius 1 is 1.00 bits per heavy atom. The molecule has 0 fully saturated rings. The normalized spacial score (nSPS) is 11.3. The van der Waals surface area contributed by atoms with Gasteiger partial charge in [0.1, 0.15) is 11.6 Å². The first kappa shape index (κ1) is 22.2. The standard InChI is InChI=1S/C20H21FN2O5S/c1-13(29-12-18(24)22-15-5-3-14(21)4-6-15)20(26)23-16-7-9-17(10-8-16)28-11-19(25)27-2/h3-10,13H,11-12H2,1-2H3,(H,22,24)(H,23,26). The van der Waals surface area contributed by atoms with Crippen molar-refractivity contribution in [3.63, 3.8) is 0 Å². The van der Waals surface area contributed by atoms with E-state index >= 15 is 0 Å². The van der Waals surface area contributed by atoms with Crippen LogP contribution in [0.1, 0.15) is 6.92 Å². The zero-order chi connectivity index (χ0) is 21.2. The molecule has 0 spiro atoms. The molecule has 2 amide bonds. The molecule has 0 saturated heterocycles. The molecule has 0 saturated carbocycles. The average Bonchev–Trinajstić information content (AvgIpc) is 2.72. The Morgan fingerprint density at radius 3 is 2.21 bits per heavy atom. The number of benzene rings is 2. The van der Waals surface area contributed by atoms with E-state index in [0.29, 0.717) is 17.1 Å². The number of carbonyl (C=O) groups excluding carboxylic acids is 3. The van der Waals surface area contributed by atoms with E-state index in [9.17, 15) is 18.8 Å². The van der Waals surface area contributed by atoms with Crippen molar-refractivity contribution in [3.05, 3.63) is 54.3 Å². The lowest BCUT2D eigenvalue weighted by atomic mass is 10.3. The predicted molar refractivity (Wildman–Crippen MR) is 110 cm³/mol. The minimum atomic E-state index is -0.489. The van der Waals surface area contributed by atoms with Crippen molar-refractivity contribution in [3.8, 4) is 5.75 Å². The summed E-state index contributed by atoms with van der Waals surface area (Å²) in [6, 6.07) is 12.0. The zero-order valence-corrected chi connectivity index (χ0v) is 16.8. The second-order valence-electron chi connectivity index (χ2n) is 5.89. The van der Waals surface area contributed by atoms with E-state index in [1.165, 1.54) is 43.1 Å². The Morgan fingerprint density at radius 2 is 1.59 bits per heavy atom. The summed E-state index contributed by atoms with van der Waals surface area (Å²) in [6.07, 6.45) is 0. The van der Waals surface area contributed by atoms with Crippen LogP contribution in [0.4, 0.5) is 15.8 Å². The lowest BCUT2D eigenvalue weighted by Crippen LogP contribution is -2.25. The Bertz CT molecular complexity index is 843. The monoisotopic (exact) mass is 420 g/mol. The third-order valence-corrected chi connectivity index (χ3v) is 4.81. The fraction of sp³-hybridized carbons (Fsp3) is 0.250. The predicted octanol–water partition coefficient (Wildman–Crippen LogP) is 3.08. The number of esters is 1. The van der Waals surface area contributed by atoms with Crippen LogP contribution in [0.2, 0.25) is 0 Å². The smallest absolute Gasteiger partial charge is 0.343 e. The molecule has 0 aliphatic heterocycles. The fourth-order valence-electron chi connectivity index (χ4n) is 2.09. The molecule has 2 rings (SSSR count). The second-order valence-corrected chi connectivity index (χ2v) is 7.22. The summed E-state index contributed by atoms with van der Waals surface area (Å²) in [7, 11) is 1.27. The molecule has 7 nitrogen and oxygen atoms in total. The first-order valence-electron chi connectivity index (χ1n) is 8.65. The summed E-state index contributed by atoms with van der Waals surface area (Å²) in [6.45, 7) is 1.49. The van der Waals surface area contributed by atoms with Crippen molar-refractivity contribution in [2.24, 2.45) is 0 Å². The number of thioether (sulfide) groups is 1. The Hall–Kier alpha value is -3.07. The number of hydrogen-bond acceptors (Lipinski definition) is 6. The summed E-state index contributed by atoms with van der Waals surface area (Å²) < 4.78 is 22.6. The number of rotatable bonds is 9. The number of methoxy groups -OCH3 is 1. The Kier molecular flexibility index (Phi) is 8.47. The number of halogens is 1. The van der Waals surface area contributed by atoms with Crippen LogP contribution in [0.15, 0.2) is 48.5 Å². The number of nitrogens with one attached hydrogen (secondary N) is 2. The second kappa shape index (κ2) is 11.1. The molecule has 1 atom stereocenters. The number of ether oxygens (including phenoxy) is 2. The van der Waals surface area contributed by atoms with Gasteiger partial charge in [-0.05, 0) is 55.5 Å². The van der Waals surface area contributed by atoms with Gasteiger partial charge in [0.2, 0.25) is 11.8 Å². The summed E-state index contributed by atoms with van der Waals surface area (Å²) in [5.41, 5.74) is 1.05. The highest BCUT2D eigenvalue weighted by atomic mass is 32.2. The maximum atomic E-state index is 12.9. The van der Waals surface area contributed by atoms with Gasteiger partial charge < -0.3 is 20.1 Å². The SMILES string of the molecule is COC(=O)COc1ccc(NC(=O)C(C)SCC(=O)Nc2ccc(F)cc2)cc1. The van der Waals surface area contributed by atoms with E-state index < -0.39 is 11.2 Å². The molecule has 154 valence electrons. The largest absolute Gasteiger partial charge is 0.482 e. The van der Waals surface area contributed by atoms with Gasteiger partial charge in [0.25, 0.3) is 0 Å². The zero-order valence-electron chi connectivity index (χ0n) is 15.9. The first-order chi connectivity index (χ1) is 13.9. The molecular weight excluding hydrogens is 399 g/mol. The molecule has 0 aromatic heterocycles. The molecule has 2 N–H and O–H groups in total. The Labute approximate surface area is 172 Å². The fourth-order valence-corrected chi connectivity index (χ4v) is 2.77.